The molecule has 0 saturated heterocycles. The summed E-state index contributed by atoms with van der Waals surface area (Å²) in [4.78, 5) is 11.5. The molecule has 0 saturated carbocycles. The van der Waals surface area contributed by atoms with Gasteiger partial charge in [-0.05, 0) is 37.1 Å². The van der Waals surface area contributed by atoms with Crippen molar-refractivity contribution in [1.82, 2.24) is 9.97 Å². The Labute approximate surface area is 132 Å². The van der Waals surface area contributed by atoms with Crippen LogP contribution in [0.5, 0.6) is 5.75 Å². The summed E-state index contributed by atoms with van der Waals surface area (Å²) in [5, 5.41) is 1.32. The van der Waals surface area contributed by atoms with E-state index in [2.05, 4.69) is 23.0 Å². The second-order valence-corrected chi connectivity index (χ2v) is 6.29. The Bertz CT molecular complexity index is 813. The second-order valence-electron chi connectivity index (χ2n) is 4.77. The number of methoxy groups -OCH3 is 1. The number of nitrogens with zero attached hydrogens (tertiary/aromatic N) is 2. The van der Waals surface area contributed by atoms with Gasteiger partial charge in [-0.2, -0.15) is 0 Å². The highest BCUT2D eigenvalue weighted by Gasteiger charge is 2.14. The number of rotatable bonds is 3. The summed E-state index contributed by atoms with van der Waals surface area (Å²) in [6, 6.07) is 8.03. The van der Waals surface area contributed by atoms with Crippen molar-refractivity contribution in [1.29, 1.82) is 0 Å². The quantitative estimate of drug-likeness (QED) is 0.645. The summed E-state index contributed by atoms with van der Waals surface area (Å²) in [6.07, 6.45) is 1.01. The third kappa shape index (κ3) is 2.49. The minimum atomic E-state index is 0.470. The number of hydrogen-bond acceptors (Lipinski definition) is 4. The first-order valence-electron chi connectivity index (χ1n) is 6.74. The van der Waals surface area contributed by atoms with E-state index in [1.54, 1.807) is 18.4 Å². The third-order valence-corrected chi connectivity index (χ3v) is 4.93. The molecule has 0 unspecified atom stereocenters. The molecule has 21 heavy (non-hydrogen) atoms. The molecule has 0 amide bonds. The fourth-order valence-electron chi connectivity index (χ4n) is 2.29. The molecule has 0 radical (unpaired) electrons. The Morgan fingerprint density at radius 1 is 1.19 bits per heavy atom. The number of aryl methyl sites for hydroxylation is 2. The van der Waals surface area contributed by atoms with Crippen molar-refractivity contribution in [2.75, 3.05) is 7.11 Å². The van der Waals surface area contributed by atoms with Crippen molar-refractivity contribution < 1.29 is 4.74 Å². The Hall–Kier alpha value is -1.65. The van der Waals surface area contributed by atoms with E-state index in [-0.39, 0.29) is 0 Å². The summed E-state index contributed by atoms with van der Waals surface area (Å²) >= 11 is 8.08. The van der Waals surface area contributed by atoms with Gasteiger partial charge >= 0.3 is 0 Å². The normalized spacial score (nSPS) is 11.0. The molecule has 0 aliphatic heterocycles. The number of hydrogen-bond donors (Lipinski definition) is 0. The van der Waals surface area contributed by atoms with Gasteiger partial charge < -0.3 is 4.74 Å². The average molecular weight is 319 g/mol. The van der Waals surface area contributed by atoms with Gasteiger partial charge in [-0.1, -0.05) is 24.6 Å². The summed E-state index contributed by atoms with van der Waals surface area (Å²) < 4.78 is 5.41. The zero-order valence-electron chi connectivity index (χ0n) is 12.1. The highest BCUT2D eigenvalue weighted by atomic mass is 35.5. The van der Waals surface area contributed by atoms with Crippen molar-refractivity contribution in [3.63, 3.8) is 0 Å². The first-order chi connectivity index (χ1) is 10.1. The fourth-order valence-corrected chi connectivity index (χ4v) is 3.49. The predicted molar refractivity (Wildman–Crippen MR) is 88.5 cm³/mol. The van der Waals surface area contributed by atoms with E-state index in [4.69, 9.17) is 16.3 Å². The molecule has 0 bridgehead atoms. The molecule has 5 heteroatoms. The molecule has 1 aromatic carbocycles. The van der Waals surface area contributed by atoms with E-state index in [0.29, 0.717) is 16.7 Å². The van der Waals surface area contributed by atoms with E-state index in [1.807, 2.05) is 25.1 Å². The van der Waals surface area contributed by atoms with Crippen molar-refractivity contribution in [2.24, 2.45) is 0 Å². The smallest absolute Gasteiger partial charge is 0.171 e. The van der Waals surface area contributed by atoms with Crippen LogP contribution in [0.15, 0.2) is 24.3 Å². The Morgan fingerprint density at radius 3 is 2.67 bits per heavy atom. The van der Waals surface area contributed by atoms with Gasteiger partial charge in [0.1, 0.15) is 16.4 Å². The van der Waals surface area contributed by atoms with E-state index in [0.717, 1.165) is 27.8 Å². The largest absolute Gasteiger partial charge is 0.494 e. The third-order valence-electron chi connectivity index (χ3n) is 3.43. The minimum Gasteiger partial charge on any atom is -0.494 e. The maximum absolute atomic E-state index is 6.38. The number of halogens is 1. The lowest BCUT2D eigenvalue weighted by Gasteiger charge is -2.09. The van der Waals surface area contributed by atoms with Gasteiger partial charge in [0, 0.05) is 10.3 Å². The van der Waals surface area contributed by atoms with E-state index in [1.165, 1.54) is 4.88 Å². The number of thiophene rings is 1. The molecule has 0 spiro atoms. The van der Waals surface area contributed by atoms with E-state index >= 15 is 0 Å². The molecule has 2 heterocycles. The Morgan fingerprint density at radius 2 is 2.00 bits per heavy atom. The maximum atomic E-state index is 6.38. The van der Waals surface area contributed by atoms with Crippen LogP contribution in [-0.4, -0.2) is 17.1 Å². The summed E-state index contributed by atoms with van der Waals surface area (Å²) in [6.45, 7) is 4.13. The molecule has 0 N–H and O–H groups in total. The maximum Gasteiger partial charge on any atom is 0.171 e. The zero-order chi connectivity index (χ0) is 15.0. The molecule has 0 fully saturated rings. The van der Waals surface area contributed by atoms with Crippen LogP contribution >= 0.6 is 22.9 Å². The lowest BCUT2D eigenvalue weighted by molar-refractivity contribution is 0.419. The first-order valence-corrected chi connectivity index (χ1v) is 7.93. The van der Waals surface area contributed by atoms with Gasteiger partial charge in [-0.3, -0.25) is 0 Å². The van der Waals surface area contributed by atoms with Crippen LogP contribution in [0.1, 0.15) is 17.4 Å². The molecule has 3 nitrogen and oxygen atoms in total. The highest BCUT2D eigenvalue weighted by molar-refractivity contribution is 7.15. The average Bonchev–Trinajstić information content (AvgIpc) is 2.96. The van der Waals surface area contributed by atoms with Gasteiger partial charge in [0.15, 0.2) is 5.82 Å². The summed E-state index contributed by atoms with van der Waals surface area (Å²) in [5.74, 6) is 1.37. The van der Waals surface area contributed by atoms with Crippen LogP contribution in [0.3, 0.4) is 0 Å². The van der Waals surface area contributed by atoms with Crippen LogP contribution in [0.4, 0.5) is 0 Å². The first kappa shape index (κ1) is 14.3. The molecule has 3 rings (SSSR count). The van der Waals surface area contributed by atoms with Gasteiger partial charge in [0.2, 0.25) is 0 Å². The lowest BCUT2D eigenvalue weighted by Crippen LogP contribution is -1.95. The van der Waals surface area contributed by atoms with Crippen molar-refractivity contribution in [2.45, 2.75) is 20.3 Å². The predicted octanol–water partition coefficient (Wildman–Crippen LogP) is 4.89. The number of benzene rings is 1. The molecule has 3 aromatic rings. The summed E-state index contributed by atoms with van der Waals surface area (Å²) in [7, 11) is 1.64. The van der Waals surface area contributed by atoms with Crippen molar-refractivity contribution in [3.8, 4) is 16.5 Å². The van der Waals surface area contributed by atoms with Crippen LogP contribution in [0.2, 0.25) is 5.15 Å². The SMILES string of the molecule is CCc1ccc(-c2nc(Cl)c3c(C)ccc(OC)c3n2)s1. The molecular formula is C16H15ClN2OS. The molecule has 0 atom stereocenters. The molecule has 0 aliphatic carbocycles. The second kappa shape index (κ2) is 5.62. The van der Waals surface area contributed by atoms with Gasteiger partial charge in [-0.15, -0.1) is 11.3 Å². The molecule has 108 valence electrons. The number of ether oxygens (including phenoxy) is 1. The van der Waals surface area contributed by atoms with Gasteiger partial charge in [0.05, 0.1) is 12.0 Å². The standard InChI is InChI=1S/C16H15ClN2OS/c1-4-10-6-8-12(21-10)16-18-14-11(20-3)7-5-9(2)13(14)15(17)19-16/h5-8H,4H2,1-3H3. The highest BCUT2D eigenvalue weighted by Crippen LogP contribution is 2.34. The molecule has 2 aromatic heterocycles. The van der Waals surface area contributed by atoms with Gasteiger partial charge in [-0.25, -0.2) is 9.97 Å². The van der Waals surface area contributed by atoms with Crippen LogP contribution in [0, 0.1) is 6.92 Å². The Balaban J connectivity index is 2.26. The molecular weight excluding hydrogens is 304 g/mol. The Kier molecular flexibility index (Phi) is 3.83. The van der Waals surface area contributed by atoms with E-state index in [9.17, 15) is 0 Å². The summed E-state index contributed by atoms with van der Waals surface area (Å²) in [5.41, 5.74) is 1.81. The number of fused-ring (bicyclic) bond motifs is 1. The molecule has 0 aliphatic rings. The van der Waals surface area contributed by atoms with Crippen molar-refractivity contribution in [3.05, 3.63) is 39.9 Å². The van der Waals surface area contributed by atoms with E-state index < -0.39 is 0 Å². The zero-order valence-corrected chi connectivity index (χ0v) is 13.7. The lowest BCUT2D eigenvalue weighted by atomic mass is 10.1. The topological polar surface area (TPSA) is 35.0 Å². The van der Waals surface area contributed by atoms with Crippen LogP contribution < -0.4 is 4.74 Å². The van der Waals surface area contributed by atoms with Gasteiger partial charge in [0.25, 0.3) is 0 Å². The van der Waals surface area contributed by atoms with Crippen LogP contribution in [0.25, 0.3) is 21.6 Å². The monoisotopic (exact) mass is 318 g/mol. The fraction of sp³-hybridized carbons (Fsp3) is 0.250. The van der Waals surface area contributed by atoms with Crippen molar-refractivity contribution >= 4 is 33.8 Å². The number of aromatic nitrogens is 2. The minimum absolute atomic E-state index is 0.470. The van der Waals surface area contributed by atoms with Crippen LogP contribution in [-0.2, 0) is 6.42 Å².